The van der Waals surface area contributed by atoms with Crippen molar-refractivity contribution in [3.63, 3.8) is 0 Å². The normalized spacial score (nSPS) is 16.3. The number of hydrogen-bond acceptors (Lipinski definition) is 6. The van der Waals surface area contributed by atoms with E-state index in [1.54, 1.807) is 32.9 Å². The van der Waals surface area contributed by atoms with Gasteiger partial charge in [-0.05, 0) is 55.7 Å². The number of amides is 1. The van der Waals surface area contributed by atoms with Crippen molar-refractivity contribution in [2.75, 3.05) is 19.6 Å². The lowest BCUT2D eigenvalue weighted by molar-refractivity contribution is -0.144. The zero-order valence-corrected chi connectivity index (χ0v) is 25.4. The molecule has 9 nitrogen and oxygen atoms in total. The van der Waals surface area contributed by atoms with Gasteiger partial charge < -0.3 is 14.3 Å². The first-order chi connectivity index (χ1) is 20.9. The van der Waals surface area contributed by atoms with Crippen molar-refractivity contribution in [3.05, 3.63) is 91.0 Å². The molecule has 1 saturated heterocycles. The molecule has 6 rings (SSSR count). The Morgan fingerprint density at radius 2 is 1.43 bits per heavy atom. The number of para-hydroxylation sites is 2. The minimum Gasteiger partial charge on any atom is -0.480 e. The number of sulfonamides is 1. The first kappa shape index (κ1) is 29.4. The van der Waals surface area contributed by atoms with Crippen LogP contribution in [0.4, 0.5) is 4.79 Å². The minimum atomic E-state index is -4.01. The molecule has 1 amide bonds. The molecule has 0 aliphatic carbocycles. The SMILES string of the molecule is CC(C)(C)OC(=O)N1CCN(S(=O)(=O)c2ccc(-c3ccc(-c4cccc5c4oc4ccccc45)cc3)cc2)CC1C(=O)O. The fourth-order valence-corrected chi connectivity index (χ4v) is 6.95. The predicted molar refractivity (Wildman–Crippen MR) is 168 cm³/mol. The average Bonchev–Trinajstić information content (AvgIpc) is 3.39. The van der Waals surface area contributed by atoms with Crippen LogP contribution in [-0.4, -0.2) is 66.1 Å². The number of carbonyl (C=O) groups excluding carboxylic acids is 1. The summed E-state index contributed by atoms with van der Waals surface area (Å²) in [5.41, 5.74) is 4.57. The zero-order valence-electron chi connectivity index (χ0n) is 24.6. The molecular formula is C34H32N2O7S. The Hall–Kier alpha value is -4.67. The van der Waals surface area contributed by atoms with Crippen LogP contribution in [0.15, 0.2) is 100 Å². The molecule has 1 aliphatic heterocycles. The lowest BCUT2D eigenvalue weighted by Gasteiger charge is -2.39. The maximum atomic E-state index is 13.5. The molecule has 4 aromatic carbocycles. The standard InChI is InChI=1S/C34H32N2O7S/c1-34(2,3)43-33(39)36-20-19-35(21-29(36)32(37)38)44(40,41)25-17-15-23(16-18-25)22-11-13-24(14-12-22)26-8-6-9-28-27-7-4-5-10-30(27)42-31(26)28/h4-18,29H,19-21H2,1-3H3,(H,37,38). The second-order valence-electron chi connectivity index (χ2n) is 11.8. The van der Waals surface area contributed by atoms with Crippen molar-refractivity contribution in [3.8, 4) is 22.3 Å². The van der Waals surface area contributed by atoms with Crippen LogP contribution in [0.5, 0.6) is 0 Å². The van der Waals surface area contributed by atoms with Crippen LogP contribution in [0.1, 0.15) is 20.8 Å². The highest BCUT2D eigenvalue weighted by molar-refractivity contribution is 7.89. The van der Waals surface area contributed by atoms with Gasteiger partial charge >= 0.3 is 12.1 Å². The summed E-state index contributed by atoms with van der Waals surface area (Å²) in [5, 5.41) is 11.9. The third-order valence-corrected chi connectivity index (χ3v) is 9.56. The number of carboxylic acids is 1. The third kappa shape index (κ3) is 5.54. The highest BCUT2D eigenvalue weighted by Crippen LogP contribution is 2.36. The number of carboxylic acid groups (broad SMARTS) is 1. The molecule has 1 fully saturated rings. The number of carbonyl (C=O) groups is 2. The van der Waals surface area contributed by atoms with Crippen molar-refractivity contribution in [2.45, 2.75) is 37.3 Å². The fourth-order valence-electron chi connectivity index (χ4n) is 5.51. The molecule has 0 radical (unpaired) electrons. The molecule has 0 bridgehead atoms. The number of ether oxygens (including phenoxy) is 1. The van der Waals surface area contributed by atoms with Gasteiger partial charge in [0.1, 0.15) is 22.8 Å². The summed E-state index contributed by atoms with van der Waals surface area (Å²) in [6, 6.07) is 27.2. The minimum absolute atomic E-state index is 0.0456. The van der Waals surface area contributed by atoms with Crippen molar-refractivity contribution in [2.24, 2.45) is 0 Å². The molecule has 1 atom stereocenters. The third-order valence-electron chi connectivity index (χ3n) is 7.68. The monoisotopic (exact) mass is 612 g/mol. The van der Waals surface area contributed by atoms with Crippen LogP contribution in [0.2, 0.25) is 0 Å². The summed E-state index contributed by atoms with van der Waals surface area (Å²) in [7, 11) is -4.01. The fraction of sp³-hybridized carbons (Fsp3) is 0.235. The van der Waals surface area contributed by atoms with Crippen LogP contribution in [-0.2, 0) is 19.6 Å². The van der Waals surface area contributed by atoms with E-state index in [1.807, 2.05) is 60.7 Å². The summed E-state index contributed by atoms with van der Waals surface area (Å²) in [6.07, 6.45) is -0.786. The van der Waals surface area contributed by atoms with Crippen molar-refractivity contribution < 1.29 is 32.3 Å². The second-order valence-corrected chi connectivity index (χ2v) is 13.7. The second kappa shape index (κ2) is 11.1. The maximum absolute atomic E-state index is 13.5. The molecule has 1 N–H and O–H groups in total. The lowest BCUT2D eigenvalue weighted by Crippen LogP contribution is -2.59. The number of rotatable bonds is 5. The van der Waals surface area contributed by atoms with E-state index in [9.17, 15) is 23.1 Å². The van der Waals surface area contributed by atoms with E-state index in [0.717, 1.165) is 53.4 Å². The average molecular weight is 613 g/mol. The van der Waals surface area contributed by atoms with E-state index in [4.69, 9.17) is 9.15 Å². The summed E-state index contributed by atoms with van der Waals surface area (Å²) < 4.78 is 39.6. The van der Waals surface area contributed by atoms with Gasteiger partial charge in [-0.3, -0.25) is 4.90 Å². The molecule has 1 aliphatic rings. The topological polar surface area (TPSA) is 117 Å². The van der Waals surface area contributed by atoms with Gasteiger partial charge in [-0.25, -0.2) is 18.0 Å². The van der Waals surface area contributed by atoms with E-state index >= 15 is 0 Å². The van der Waals surface area contributed by atoms with E-state index in [1.165, 1.54) is 12.1 Å². The molecule has 1 unspecified atom stereocenters. The van der Waals surface area contributed by atoms with Crippen molar-refractivity contribution in [1.29, 1.82) is 0 Å². The Bertz CT molecular complexity index is 1970. The molecule has 0 saturated carbocycles. The zero-order chi connectivity index (χ0) is 31.2. The number of nitrogens with zero attached hydrogens (tertiary/aromatic N) is 2. The molecule has 5 aromatic rings. The first-order valence-corrected chi connectivity index (χ1v) is 15.7. The van der Waals surface area contributed by atoms with Gasteiger partial charge in [0.2, 0.25) is 10.0 Å². The molecule has 226 valence electrons. The van der Waals surface area contributed by atoms with Crippen molar-refractivity contribution >= 4 is 44.0 Å². The number of fused-ring (bicyclic) bond motifs is 3. The van der Waals surface area contributed by atoms with Crippen LogP contribution < -0.4 is 0 Å². The largest absolute Gasteiger partial charge is 0.480 e. The molecule has 0 spiro atoms. The van der Waals surface area contributed by atoms with Gasteiger partial charge in [0, 0.05) is 36.0 Å². The lowest BCUT2D eigenvalue weighted by atomic mass is 9.99. The highest BCUT2D eigenvalue weighted by Gasteiger charge is 2.41. The number of piperazine rings is 1. The van der Waals surface area contributed by atoms with E-state index in [-0.39, 0.29) is 24.5 Å². The Balaban J connectivity index is 1.20. The summed E-state index contributed by atoms with van der Waals surface area (Å²) >= 11 is 0. The molecular weight excluding hydrogens is 580 g/mol. The number of hydrogen-bond donors (Lipinski definition) is 1. The quantitative estimate of drug-likeness (QED) is 0.237. The molecule has 2 heterocycles. The first-order valence-electron chi connectivity index (χ1n) is 14.3. The highest BCUT2D eigenvalue weighted by atomic mass is 32.2. The van der Waals surface area contributed by atoms with E-state index in [2.05, 4.69) is 6.07 Å². The number of aliphatic carboxylic acids is 1. The Kier molecular flexibility index (Phi) is 7.43. The van der Waals surface area contributed by atoms with Gasteiger partial charge in [0.05, 0.1) is 4.90 Å². The van der Waals surface area contributed by atoms with Crippen LogP contribution >= 0.6 is 0 Å². The van der Waals surface area contributed by atoms with Gasteiger partial charge in [0.25, 0.3) is 0 Å². The molecule has 1 aromatic heterocycles. The van der Waals surface area contributed by atoms with Crippen LogP contribution in [0, 0.1) is 0 Å². The van der Waals surface area contributed by atoms with Gasteiger partial charge in [0.15, 0.2) is 0 Å². The molecule has 44 heavy (non-hydrogen) atoms. The van der Waals surface area contributed by atoms with Gasteiger partial charge in [-0.2, -0.15) is 4.31 Å². The van der Waals surface area contributed by atoms with E-state index in [0.29, 0.717) is 0 Å². The van der Waals surface area contributed by atoms with E-state index < -0.39 is 33.7 Å². The molecule has 10 heteroatoms. The van der Waals surface area contributed by atoms with Crippen LogP contribution in [0.3, 0.4) is 0 Å². The summed E-state index contributed by atoms with van der Waals surface area (Å²) in [5.74, 6) is -1.30. The maximum Gasteiger partial charge on any atom is 0.411 e. The number of furan rings is 1. The van der Waals surface area contributed by atoms with Gasteiger partial charge in [-0.15, -0.1) is 0 Å². The smallest absolute Gasteiger partial charge is 0.411 e. The Labute approximate surface area is 255 Å². The Morgan fingerprint density at radius 1 is 0.818 bits per heavy atom. The number of benzene rings is 4. The van der Waals surface area contributed by atoms with Crippen LogP contribution in [0.25, 0.3) is 44.2 Å². The summed E-state index contributed by atoms with van der Waals surface area (Å²) in [6.45, 7) is 4.52. The van der Waals surface area contributed by atoms with Crippen molar-refractivity contribution in [1.82, 2.24) is 9.21 Å². The predicted octanol–water partition coefficient (Wildman–Crippen LogP) is 6.61. The Morgan fingerprint density at radius 3 is 2.09 bits per heavy atom. The summed E-state index contributed by atoms with van der Waals surface area (Å²) in [4.78, 5) is 25.7. The van der Waals surface area contributed by atoms with Gasteiger partial charge in [-0.1, -0.05) is 72.8 Å².